The van der Waals surface area contributed by atoms with Crippen molar-refractivity contribution in [1.82, 2.24) is 9.88 Å². The van der Waals surface area contributed by atoms with Gasteiger partial charge in [0.2, 0.25) is 5.91 Å². The van der Waals surface area contributed by atoms with Gasteiger partial charge >= 0.3 is 0 Å². The highest BCUT2D eigenvalue weighted by molar-refractivity contribution is 6.07. The summed E-state index contributed by atoms with van der Waals surface area (Å²) in [5, 5.41) is 3.55. The van der Waals surface area contributed by atoms with Gasteiger partial charge in [-0.3, -0.25) is 14.6 Å². The number of terminal acetylenes is 1. The Bertz CT molecular complexity index is 1110. The Kier molecular flexibility index (Phi) is 5.94. The molecule has 0 radical (unpaired) electrons. The summed E-state index contributed by atoms with van der Waals surface area (Å²) in [7, 11) is 1.62. The van der Waals surface area contributed by atoms with Gasteiger partial charge in [-0.15, -0.1) is 6.42 Å². The monoisotopic (exact) mass is 385 g/mol. The largest absolute Gasteiger partial charge is 0.332 e. The molecule has 1 N–H and O–H groups in total. The summed E-state index contributed by atoms with van der Waals surface area (Å²) in [6.45, 7) is 3.99. The van der Waals surface area contributed by atoms with Crippen LogP contribution >= 0.6 is 0 Å². The van der Waals surface area contributed by atoms with E-state index in [-0.39, 0.29) is 24.3 Å². The number of fused-ring (bicyclic) bond motifs is 1. The standard InChI is InChI=1S/C24H23N3O2/c1-5-17-9-8-10-18(13-17)25-23(28)15-27(4)24(29)20-14-22(16(2)3)26-21-12-7-6-11-19(20)21/h1,6-14,16H,15H2,2-4H3,(H,25,28). The van der Waals surface area contributed by atoms with Gasteiger partial charge < -0.3 is 10.2 Å². The topological polar surface area (TPSA) is 62.3 Å². The first kappa shape index (κ1) is 20.1. The maximum atomic E-state index is 13.1. The Labute approximate surface area is 170 Å². The summed E-state index contributed by atoms with van der Waals surface area (Å²) in [6.07, 6.45) is 5.39. The molecule has 5 heteroatoms. The number of benzene rings is 2. The van der Waals surface area contributed by atoms with Crippen molar-refractivity contribution in [3.05, 3.63) is 71.4 Å². The molecule has 0 aliphatic heterocycles. The van der Waals surface area contributed by atoms with Crippen LogP contribution < -0.4 is 5.32 Å². The second kappa shape index (κ2) is 8.57. The van der Waals surface area contributed by atoms with E-state index >= 15 is 0 Å². The van der Waals surface area contributed by atoms with E-state index in [1.807, 2.05) is 44.2 Å². The number of anilines is 1. The summed E-state index contributed by atoms with van der Waals surface area (Å²) in [4.78, 5) is 31.6. The first-order valence-corrected chi connectivity index (χ1v) is 9.40. The van der Waals surface area contributed by atoms with Crippen molar-refractivity contribution in [3.63, 3.8) is 0 Å². The summed E-state index contributed by atoms with van der Waals surface area (Å²) in [6, 6.07) is 16.4. The molecule has 5 nitrogen and oxygen atoms in total. The minimum absolute atomic E-state index is 0.0766. The SMILES string of the molecule is C#Cc1cccc(NC(=O)CN(C)C(=O)c2cc(C(C)C)nc3ccccc23)c1. The zero-order valence-corrected chi connectivity index (χ0v) is 16.8. The molecule has 3 rings (SSSR count). The summed E-state index contributed by atoms with van der Waals surface area (Å²) in [5.41, 5.74) is 3.44. The highest BCUT2D eigenvalue weighted by Gasteiger charge is 2.19. The normalized spacial score (nSPS) is 10.6. The molecule has 0 spiro atoms. The molecular formula is C24H23N3O2. The van der Waals surface area contributed by atoms with Crippen LogP contribution in [0, 0.1) is 12.3 Å². The summed E-state index contributed by atoms with van der Waals surface area (Å²) >= 11 is 0. The number of carbonyl (C=O) groups excluding carboxylic acids is 2. The van der Waals surface area contributed by atoms with Crippen molar-refractivity contribution in [2.75, 3.05) is 18.9 Å². The van der Waals surface area contributed by atoms with Crippen LogP contribution in [0.1, 0.15) is 41.4 Å². The number of likely N-dealkylation sites (N-methyl/N-ethyl adjacent to an activating group) is 1. The lowest BCUT2D eigenvalue weighted by Gasteiger charge is -2.19. The second-order valence-corrected chi connectivity index (χ2v) is 7.20. The molecule has 0 fully saturated rings. The maximum absolute atomic E-state index is 13.1. The molecule has 2 aromatic carbocycles. The van der Waals surface area contributed by atoms with Crippen LogP contribution in [-0.4, -0.2) is 35.3 Å². The van der Waals surface area contributed by atoms with E-state index in [1.54, 1.807) is 31.3 Å². The lowest BCUT2D eigenvalue weighted by molar-refractivity contribution is -0.116. The fraction of sp³-hybridized carbons (Fsp3) is 0.208. The Morgan fingerprint density at radius 3 is 2.62 bits per heavy atom. The summed E-state index contributed by atoms with van der Waals surface area (Å²) < 4.78 is 0. The van der Waals surface area contributed by atoms with Gasteiger partial charge in [0.25, 0.3) is 5.91 Å². The highest BCUT2D eigenvalue weighted by Crippen LogP contribution is 2.23. The zero-order valence-electron chi connectivity index (χ0n) is 16.8. The van der Waals surface area contributed by atoms with E-state index in [9.17, 15) is 9.59 Å². The quantitative estimate of drug-likeness (QED) is 0.674. The van der Waals surface area contributed by atoms with E-state index in [2.05, 4.69) is 16.2 Å². The van der Waals surface area contributed by atoms with Gasteiger partial charge in [-0.2, -0.15) is 0 Å². The first-order valence-electron chi connectivity index (χ1n) is 9.40. The number of rotatable bonds is 5. The third kappa shape index (κ3) is 4.61. The van der Waals surface area contributed by atoms with Crippen molar-refractivity contribution in [2.45, 2.75) is 19.8 Å². The maximum Gasteiger partial charge on any atom is 0.254 e. The molecule has 3 aromatic rings. The number of nitrogens with one attached hydrogen (secondary N) is 1. The third-order valence-corrected chi connectivity index (χ3v) is 4.60. The van der Waals surface area contributed by atoms with E-state index in [0.717, 1.165) is 16.6 Å². The number of hydrogen-bond donors (Lipinski definition) is 1. The van der Waals surface area contributed by atoms with Crippen LogP contribution in [0.25, 0.3) is 10.9 Å². The predicted octanol–water partition coefficient (Wildman–Crippen LogP) is 4.05. The van der Waals surface area contributed by atoms with Gasteiger partial charge in [0.1, 0.15) is 0 Å². The number of nitrogens with zero attached hydrogens (tertiary/aromatic N) is 2. The van der Waals surface area contributed by atoms with Crippen LogP contribution in [0.2, 0.25) is 0 Å². The van der Waals surface area contributed by atoms with Crippen molar-refractivity contribution in [2.24, 2.45) is 0 Å². The molecule has 2 amide bonds. The Morgan fingerprint density at radius 2 is 1.90 bits per heavy atom. The molecule has 29 heavy (non-hydrogen) atoms. The molecule has 1 heterocycles. The minimum Gasteiger partial charge on any atom is -0.332 e. The van der Waals surface area contributed by atoms with Crippen molar-refractivity contribution in [1.29, 1.82) is 0 Å². The van der Waals surface area contributed by atoms with Crippen LogP contribution in [0.15, 0.2) is 54.6 Å². The van der Waals surface area contributed by atoms with Crippen molar-refractivity contribution >= 4 is 28.4 Å². The minimum atomic E-state index is -0.294. The number of hydrogen-bond acceptors (Lipinski definition) is 3. The smallest absolute Gasteiger partial charge is 0.254 e. The highest BCUT2D eigenvalue weighted by atomic mass is 16.2. The van der Waals surface area contributed by atoms with E-state index < -0.39 is 0 Å². The average Bonchev–Trinajstić information content (AvgIpc) is 2.72. The van der Waals surface area contributed by atoms with Crippen LogP contribution in [0.3, 0.4) is 0 Å². The molecular weight excluding hydrogens is 362 g/mol. The summed E-state index contributed by atoms with van der Waals surface area (Å²) in [5.74, 6) is 2.20. The Morgan fingerprint density at radius 1 is 1.14 bits per heavy atom. The predicted molar refractivity (Wildman–Crippen MR) is 116 cm³/mol. The molecule has 0 bridgehead atoms. The van der Waals surface area contributed by atoms with E-state index in [0.29, 0.717) is 16.8 Å². The van der Waals surface area contributed by atoms with E-state index in [1.165, 1.54) is 4.90 Å². The molecule has 146 valence electrons. The number of pyridine rings is 1. The number of para-hydroxylation sites is 1. The van der Waals surface area contributed by atoms with Gasteiger partial charge in [0.15, 0.2) is 0 Å². The molecule has 0 atom stereocenters. The Hall–Kier alpha value is -3.65. The molecule has 0 unspecified atom stereocenters. The fourth-order valence-electron chi connectivity index (χ4n) is 3.05. The van der Waals surface area contributed by atoms with Crippen LogP contribution in [0.4, 0.5) is 5.69 Å². The Balaban J connectivity index is 1.81. The van der Waals surface area contributed by atoms with Crippen molar-refractivity contribution in [3.8, 4) is 12.3 Å². The first-order chi connectivity index (χ1) is 13.9. The lowest BCUT2D eigenvalue weighted by Crippen LogP contribution is -2.35. The number of aromatic nitrogens is 1. The number of amides is 2. The second-order valence-electron chi connectivity index (χ2n) is 7.20. The molecule has 0 saturated heterocycles. The van der Waals surface area contributed by atoms with Crippen LogP contribution in [0.5, 0.6) is 0 Å². The molecule has 1 aromatic heterocycles. The molecule has 0 saturated carbocycles. The van der Waals surface area contributed by atoms with Gasteiger partial charge in [-0.25, -0.2) is 0 Å². The third-order valence-electron chi connectivity index (χ3n) is 4.60. The molecule has 0 aliphatic carbocycles. The van der Waals surface area contributed by atoms with Gasteiger partial charge in [0, 0.05) is 29.4 Å². The average molecular weight is 385 g/mol. The van der Waals surface area contributed by atoms with Crippen molar-refractivity contribution < 1.29 is 9.59 Å². The fourth-order valence-corrected chi connectivity index (χ4v) is 3.05. The van der Waals surface area contributed by atoms with Gasteiger partial charge in [-0.05, 0) is 36.2 Å². The van der Waals surface area contributed by atoms with Gasteiger partial charge in [0.05, 0.1) is 17.6 Å². The number of carbonyl (C=O) groups is 2. The van der Waals surface area contributed by atoms with E-state index in [4.69, 9.17) is 6.42 Å². The zero-order chi connectivity index (χ0) is 21.0. The lowest BCUT2D eigenvalue weighted by atomic mass is 10.0. The van der Waals surface area contributed by atoms with Gasteiger partial charge in [-0.1, -0.05) is 44.0 Å². The molecule has 0 aliphatic rings. The van der Waals surface area contributed by atoms with Crippen LogP contribution in [-0.2, 0) is 4.79 Å².